The highest BCUT2D eigenvalue weighted by atomic mass is 79.9. The number of rotatable bonds is 5. The Bertz CT molecular complexity index is 816. The summed E-state index contributed by atoms with van der Waals surface area (Å²) in [5.41, 5.74) is 1.32. The van der Waals surface area contributed by atoms with Crippen molar-refractivity contribution in [3.8, 4) is 0 Å². The zero-order valence-corrected chi connectivity index (χ0v) is 14.6. The Kier molecular flexibility index (Phi) is 5.03. The van der Waals surface area contributed by atoms with E-state index in [1.165, 1.54) is 22.9 Å². The van der Waals surface area contributed by atoms with E-state index in [1.54, 1.807) is 11.3 Å². The summed E-state index contributed by atoms with van der Waals surface area (Å²) in [6.45, 7) is 0.526. The van der Waals surface area contributed by atoms with Crippen LogP contribution in [0.25, 0.3) is 10.2 Å². The average molecular weight is 393 g/mol. The number of nitrogens with one attached hydrogen (secondary N) is 1. The lowest BCUT2D eigenvalue weighted by Crippen LogP contribution is -2.25. The Morgan fingerprint density at radius 2 is 2.09 bits per heavy atom. The van der Waals surface area contributed by atoms with Gasteiger partial charge in [0.05, 0.1) is 20.8 Å². The lowest BCUT2D eigenvalue weighted by molar-refractivity contribution is 0.0952. The number of hydrogen-bond donors (Lipinski definition) is 1. The van der Waals surface area contributed by atoms with Crippen molar-refractivity contribution in [2.75, 3.05) is 6.54 Å². The van der Waals surface area contributed by atoms with Crippen LogP contribution in [-0.2, 0) is 6.42 Å². The molecule has 23 heavy (non-hydrogen) atoms. The van der Waals surface area contributed by atoms with Crippen LogP contribution in [0.1, 0.15) is 21.8 Å². The van der Waals surface area contributed by atoms with Crippen molar-refractivity contribution in [2.45, 2.75) is 12.8 Å². The molecule has 1 heterocycles. The van der Waals surface area contributed by atoms with Crippen molar-refractivity contribution in [2.24, 2.45) is 0 Å². The van der Waals surface area contributed by atoms with Crippen LogP contribution < -0.4 is 5.32 Å². The quantitative estimate of drug-likeness (QED) is 0.646. The zero-order chi connectivity index (χ0) is 16.2. The van der Waals surface area contributed by atoms with Crippen molar-refractivity contribution in [3.05, 3.63) is 63.3 Å². The van der Waals surface area contributed by atoms with Crippen LogP contribution in [-0.4, -0.2) is 17.4 Å². The molecule has 3 nitrogen and oxygen atoms in total. The fourth-order valence-electron chi connectivity index (χ4n) is 2.24. The molecule has 118 valence electrons. The summed E-state index contributed by atoms with van der Waals surface area (Å²) in [4.78, 5) is 16.6. The van der Waals surface area contributed by atoms with E-state index in [-0.39, 0.29) is 5.91 Å². The highest BCUT2D eigenvalue weighted by Crippen LogP contribution is 2.22. The first-order valence-corrected chi connectivity index (χ1v) is 8.82. The Balaban J connectivity index is 1.53. The Morgan fingerprint density at radius 1 is 1.26 bits per heavy atom. The van der Waals surface area contributed by atoms with Crippen molar-refractivity contribution in [1.82, 2.24) is 10.3 Å². The second-order valence-electron chi connectivity index (χ2n) is 5.06. The molecule has 1 amide bonds. The first-order chi connectivity index (χ1) is 11.1. The molecule has 3 rings (SSSR count). The minimum atomic E-state index is -0.423. The molecule has 0 atom stereocenters. The third-order valence-corrected chi connectivity index (χ3v) is 5.15. The van der Waals surface area contributed by atoms with Gasteiger partial charge >= 0.3 is 0 Å². The molecule has 0 saturated carbocycles. The number of thiazole rings is 1. The first kappa shape index (κ1) is 16.1. The second-order valence-corrected chi connectivity index (χ2v) is 7.03. The van der Waals surface area contributed by atoms with Crippen LogP contribution in [0.5, 0.6) is 0 Å². The SMILES string of the molecule is O=C(NCCCc1nc2ccccc2s1)c1cc(F)ccc1Br. The maximum atomic E-state index is 13.2. The third-order valence-electron chi connectivity index (χ3n) is 3.36. The standard InChI is InChI=1S/C17H14BrFN2OS/c18-13-8-7-11(19)10-12(13)17(22)20-9-3-6-16-21-14-4-1-2-5-15(14)23-16/h1-2,4-5,7-8,10H,3,6,9H2,(H,20,22). The second kappa shape index (κ2) is 7.19. The minimum absolute atomic E-state index is 0.277. The normalized spacial score (nSPS) is 10.9. The van der Waals surface area contributed by atoms with Crippen LogP contribution in [0.2, 0.25) is 0 Å². The molecule has 0 bridgehead atoms. The number of aromatic nitrogens is 1. The maximum absolute atomic E-state index is 13.2. The van der Waals surface area contributed by atoms with Crippen molar-refractivity contribution in [3.63, 3.8) is 0 Å². The number of aryl methyl sites for hydroxylation is 1. The summed E-state index contributed by atoms with van der Waals surface area (Å²) in [6.07, 6.45) is 1.60. The lowest BCUT2D eigenvalue weighted by atomic mass is 10.2. The van der Waals surface area contributed by atoms with Gasteiger partial charge in [0.1, 0.15) is 5.82 Å². The first-order valence-electron chi connectivity index (χ1n) is 7.21. The monoisotopic (exact) mass is 392 g/mol. The molecule has 0 fully saturated rings. The summed E-state index contributed by atoms with van der Waals surface area (Å²) in [6, 6.07) is 12.1. The van der Waals surface area contributed by atoms with E-state index in [0.29, 0.717) is 16.6 Å². The minimum Gasteiger partial charge on any atom is -0.352 e. The van der Waals surface area contributed by atoms with Gasteiger partial charge in [0.25, 0.3) is 5.91 Å². The zero-order valence-electron chi connectivity index (χ0n) is 12.2. The van der Waals surface area contributed by atoms with Crippen LogP contribution in [0, 0.1) is 5.82 Å². The fourth-order valence-corrected chi connectivity index (χ4v) is 3.67. The van der Waals surface area contributed by atoms with E-state index in [9.17, 15) is 9.18 Å². The predicted octanol–water partition coefficient (Wildman–Crippen LogP) is 4.56. The lowest BCUT2D eigenvalue weighted by Gasteiger charge is -2.06. The number of hydrogen-bond acceptors (Lipinski definition) is 3. The summed E-state index contributed by atoms with van der Waals surface area (Å²) in [7, 11) is 0. The van der Waals surface area contributed by atoms with Gasteiger partial charge < -0.3 is 5.32 Å². The molecular formula is C17H14BrFN2OS. The van der Waals surface area contributed by atoms with Gasteiger partial charge in [0.2, 0.25) is 0 Å². The number of benzene rings is 2. The van der Waals surface area contributed by atoms with Crippen molar-refractivity contribution < 1.29 is 9.18 Å². The molecule has 0 aliphatic carbocycles. The number of fused-ring (bicyclic) bond motifs is 1. The van der Waals surface area contributed by atoms with Gasteiger partial charge in [-0.2, -0.15) is 0 Å². The van der Waals surface area contributed by atoms with Gasteiger partial charge in [-0.05, 0) is 52.7 Å². The number of nitrogens with zero attached hydrogens (tertiary/aromatic N) is 1. The van der Waals surface area contributed by atoms with E-state index >= 15 is 0 Å². The van der Waals surface area contributed by atoms with E-state index in [2.05, 4.69) is 32.3 Å². The van der Waals surface area contributed by atoms with Gasteiger partial charge in [-0.1, -0.05) is 12.1 Å². The van der Waals surface area contributed by atoms with E-state index < -0.39 is 5.82 Å². The van der Waals surface area contributed by atoms with Crippen LogP contribution in [0.4, 0.5) is 4.39 Å². The summed E-state index contributed by atoms with van der Waals surface area (Å²) >= 11 is 4.94. The van der Waals surface area contributed by atoms with E-state index in [0.717, 1.165) is 23.4 Å². The van der Waals surface area contributed by atoms with Gasteiger partial charge in [-0.15, -0.1) is 11.3 Å². The van der Waals surface area contributed by atoms with Gasteiger partial charge in [0, 0.05) is 17.4 Å². The Hall–Kier alpha value is -1.79. The summed E-state index contributed by atoms with van der Waals surface area (Å²) < 4.78 is 15.0. The van der Waals surface area contributed by atoms with E-state index in [4.69, 9.17) is 0 Å². The molecule has 2 aromatic carbocycles. The van der Waals surface area contributed by atoms with Crippen molar-refractivity contribution in [1.29, 1.82) is 0 Å². The molecule has 0 aliphatic heterocycles. The van der Waals surface area contributed by atoms with E-state index in [1.807, 2.05) is 18.2 Å². The van der Waals surface area contributed by atoms with Crippen molar-refractivity contribution >= 4 is 43.4 Å². The molecule has 0 radical (unpaired) electrons. The summed E-state index contributed by atoms with van der Waals surface area (Å²) in [5.74, 6) is -0.700. The molecular weight excluding hydrogens is 379 g/mol. The third kappa shape index (κ3) is 3.95. The maximum Gasteiger partial charge on any atom is 0.252 e. The Labute approximate surface area is 145 Å². The molecule has 1 aromatic heterocycles. The van der Waals surface area contributed by atoms with Gasteiger partial charge in [-0.3, -0.25) is 4.79 Å². The van der Waals surface area contributed by atoms with Gasteiger partial charge in [-0.25, -0.2) is 9.37 Å². The largest absolute Gasteiger partial charge is 0.352 e. The fraction of sp³-hybridized carbons (Fsp3) is 0.176. The molecule has 0 aliphatic rings. The number of carbonyl (C=O) groups is 1. The highest BCUT2D eigenvalue weighted by Gasteiger charge is 2.10. The average Bonchev–Trinajstić information content (AvgIpc) is 2.96. The molecule has 6 heteroatoms. The number of amides is 1. The molecule has 0 spiro atoms. The predicted molar refractivity (Wildman–Crippen MR) is 94.4 cm³/mol. The summed E-state index contributed by atoms with van der Waals surface area (Å²) in [5, 5.41) is 3.87. The van der Waals surface area contributed by atoms with Crippen LogP contribution in [0.3, 0.4) is 0 Å². The van der Waals surface area contributed by atoms with Crippen LogP contribution in [0.15, 0.2) is 46.9 Å². The molecule has 1 N–H and O–H groups in total. The Morgan fingerprint density at radius 3 is 2.91 bits per heavy atom. The number of carbonyl (C=O) groups excluding carboxylic acids is 1. The molecule has 0 saturated heterocycles. The van der Waals surface area contributed by atoms with Crippen LogP contribution >= 0.6 is 27.3 Å². The smallest absolute Gasteiger partial charge is 0.252 e. The number of para-hydroxylation sites is 1. The molecule has 3 aromatic rings. The number of halogens is 2. The molecule has 0 unspecified atom stereocenters. The topological polar surface area (TPSA) is 42.0 Å². The highest BCUT2D eigenvalue weighted by molar-refractivity contribution is 9.10. The van der Waals surface area contributed by atoms with Gasteiger partial charge in [0.15, 0.2) is 0 Å².